The zero-order valence-electron chi connectivity index (χ0n) is 14.1. The molecule has 2 amide bonds. The lowest BCUT2D eigenvalue weighted by atomic mass is 9.75. The maximum Gasteiger partial charge on any atom is 0.407 e. The molecule has 1 aliphatic carbocycles. The summed E-state index contributed by atoms with van der Waals surface area (Å²) < 4.78 is 0. The Bertz CT molecular complexity index is 885. The van der Waals surface area contributed by atoms with Crippen LogP contribution >= 0.6 is 23.2 Å². The molecule has 0 saturated carbocycles. The van der Waals surface area contributed by atoms with Crippen molar-refractivity contribution in [1.82, 2.24) is 4.90 Å². The van der Waals surface area contributed by atoms with Crippen LogP contribution in [0.5, 0.6) is 0 Å². The van der Waals surface area contributed by atoms with Gasteiger partial charge in [-0.2, -0.15) is 0 Å². The number of hydrogen-bond acceptors (Lipinski definition) is 2. The summed E-state index contributed by atoms with van der Waals surface area (Å²) in [4.78, 5) is 24.4. The third-order valence-corrected chi connectivity index (χ3v) is 5.69. The lowest BCUT2D eigenvalue weighted by molar-refractivity contribution is 0.0999. The third kappa shape index (κ3) is 3.37. The van der Waals surface area contributed by atoms with E-state index in [1.54, 1.807) is 31.3 Å². The van der Waals surface area contributed by atoms with Crippen molar-refractivity contribution >= 4 is 35.2 Å². The molecule has 7 heteroatoms. The van der Waals surface area contributed by atoms with Gasteiger partial charge in [0.1, 0.15) is 0 Å². The smallest absolute Gasteiger partial charge is 0.407 e. The van der Waals surface area contributed by atoms with Crippen LogP contribution in [0.2, 0.25) is 10.0 Å². The molecule has 0 unspecified atom stereocenters. The molecular weight excluding hydrogens is 375 g/mol. The summed E-state index contributed by atoms with van der Waals surface area (Å²) in [5, 5.41) is 10.3. The molecule has 3 N–H and O–H groups in total. The van der Waals surface area contributed by atoms with Gasteiger partial charge >= 0.3 is 6.09 Å². The Balaban J connectivity index is 2.12. The van der Waals surface area contributed by atoms with Gasteiger partial charge in [-0.3, -0.25) is 4.79 Å². The molecule has 2 aromatic carbocycles. The number of fused-ring (bicyclic) bond motifs is 1. The Labute approximate surface area is 161 Å². The number of nitrogens with zero attached hydrogens (tertiary/aromatic N) is 1. The standard InChI is InChI=1S/C19H18Cl2N2O3/c1-23(19(25)26)17-7-5-12(10-3-6-15(20)16(21)9-10)14-8-11(18(22)24)2-4-13(14)17/h2-4,6,8-9,12,17H,5,7H2,1H3,(H2,22,24)(H,25,26)/t12-,17-/m0/s1. The summed E-state index contributed by atoms with van der Waals surface area (Å²) in [6.45, 7) is 0. The molecule has 26 heavy (non-hydrogen) atoms. The number of nitrogens with two attached hydrogens (primary N) is 1. The molecule has 1 aliphatic rings. The minimum absolute atomic E-state index is 0.0162. The number of benzene rings is 2. The predicted octanol–water partition coefficient (Wildman–Crippen LogP) is 4.67. The highest BCUT2D eigenvalue weighted by atomic mass is 35.5. The highest BCUT2D eigenvalue weighted by molar-refractivity contribution is 6.42. The number of carbonyl (C=O) groups excluding carboxylic acids is 1. The van der Waals surface area contributed by atoms with Gasteiger partial charge in [-0.05, 0) is 53.8 Å². The quantitative estimate of drug-likeness (QED) is 0.795. The van der Waals surface area contributed by atoms with Gasteiger partial charge in [0.25, 0.3) is 0 Å². The van der Waals surface area contributed by atoms with Crippen LogP contribution in [-0.2, 0) is 0 Å². The van der Waals surface area contributed by atoms with E-state index >= 15 is 0 Å². The van der Waals surface area contributed by atoms with Gasteiger partial charge in [0, 0.05) is 18.5 Å². The number of primary amides is 1. The monoisotopic (exact) mass is 392 g/mol. The molecule has 136 valence electrons. The van der Waals surface area contributed by atoms with Crippen molar-refractivity contribution in [2.45, 2.75) is 24.8 Å². The average molecular weight is 393 g/mol. The van der Waals surface area contributed by atoms with Crippen molar-refractivity contribution in [2.24, 2.45) is 5.73 Å². The number of hydrogen-bond donors (Lipinski definition) is 2. The number of carboxylic acid groups (broad SMARTS) is 1. The van der Waals surface area contributed by atoms with E-state index in [4.69, 9.17) is 28.9 Å². The largest absolute Gasteiger partial charge is 0.465 e. The van der Waals surface area contributed by atoms with Crippen LogP contribution in [0.4, 0.5) is 4.79 Å². The van der Waals surface area contributed by atoms with Gasteiger partial charge in [0.2, 0.25) is 5.91 Å². The van der Waals surface area contributed by atoms with Gasteiger partial charge in [-0.1, -0.05) is 35.3 Å². The van der Waals surface area contributed by atoms with Crippen molar-refractivity contribution in [2.75, 3.05) is 7.05 Å². The van der Waals surface area contributed by atoms with Crippen LogP contribution in [-0.4, -0.2) is 29.1 Å². The maximum absolute atomic E-state index is 11.6. The normalized spacial score (nSPS) is 18.9. The van der Waals surface area contributed by atoms with E-state index in [1.807, 2.05) is 12.1 Å². The van der Waals surface area contributed by atoms with E-state index in [0.29, 0.717) is 22.0 Å². The van der Waals surface area contributed by atoms with E-state index in [2.05, 4.69) is 0 Å². The van der Waals surface area contributed by atoms with Crippen LogP contribution in [0.25, 0.3) is 0 Å². The Morgan fingerprint density at radius 2 is 1.81 bits per heavy atom. The molecule has 2 aromatic rings. The topological polar surface area (TPSA) is 83.6 Å². The lowest BCUT2D eigenvalue weighted by Crippen LogP contribution is -2.33. The molecule has 0 spiro atoms. The molecule has 3 rings (SSSR count). The first kappa shape index (κ1) is 18.5. The SMILES string of the molecule is CN(C(=O)O)[C@H]1CC[C@@H](c2ccc(Cl)c(Cl)c2)c2cc(C(N)=O)ccc21. The van der Waals surface area contributed by atoms with E-state index in [9.17, 15) is 14.7 Å². The molecular formula is C19H18Cl2N2O3. The molecule has 0 bridgehead atoms. The van der Waals surface area contributed by atoms with Crippen molar-refractivity contribution in [1.29, 1.82) is 0 Å². The van der Waals surface area contributed by atoms with Gasteiger partial charge in [-0.15, -0.1) is 0 Å². The van der Waals surface area contributed by atoms with Crippen LogP contribution in [0.15, 0.2) is 36.4 Å². The van der Waals surface area contributed by atoms with Crippen molar-refractivity contribution in [3.8, 4) is 0 Å². The summed E-state index contributed by atoms with van der Waals surface area (Å²) in [6, 6.07) is 10.4. The second-order valence-electron chi connectivity index (χ2n) is 6.42. The van der Waals surface area contributed by atoms with Gasteiger partial charge in [-0.25, -0.2) is 4.79 Å². The van der Waals surface area contributed by atoms with E-state index < -0.39 is 12.0 Å². The molecule has 2 atom stereocenters. The first-order valence-corrected chi connectivity index (χ1v) is 8.89. The molecule has 0 saturated heterocycles. The fraction of sp³-hybridized carbons (Fsp3) is 0.263. The summed E-state index contributed by atoms with van der Waals surface area (Å²) >= 11 is 12.2. The zero-order valence-corrected chi connectivity index (χ0v) is 15.6. The van der Waals surface area contributed by atoms with Gasteiger partial charge in [0.05, 0.1) is 16.1 Å². The second-order valence-corrected chi connectivity index (χ2v) is 7.24. The van der Waals surface area contributed by atoms with Crippen LogP contribution < -0.4 is 5.73 Å². The molecule has 0 aromatic heterocycles. The number of halogens is 2. The lowest BCUT2D eigenvalue weighted by Gasteiger charge is -2.36. The first-order valence-electron chi connectivity index (χ1n) is 8.14. The van der Waals surface area contributed by atoms with Crippen molar-refractivity contribution in [3.63, 3.8) is 0 Å². The minimum atomic E-state index is -0.993. The second kappa shape index (κ2) is 7.17. The van der Waals surface area contributed by atoms with Crippen LogP contribution in [0, 0.1) is 0 Å². The first-order chi connectivity index (χ1) is 12.3. The fourth-order valence-electron chi connectivity index (χ4n) is 3.58. The van der Waals surface area contributed by atoms with Gasteiger partial charge in [0.15, 0.2) is 0 Å². The Kier molecular flexibility index (Phi) is 5.12. The summed E-state index contributed by atoms with van der Waals surface area (Å²) in [5.41, 5.74) is 8.57. The Morgan fingerprint density at radius 3 is 2.42 bits per heavy atom. The van der Waals surface area contributed by atoms with E-state index in [1.165, 1.54) is 4.90 Å². The third-order valence-electron chi connectivity index (χ3n) is 4.95. The molecule has 0 heterocycles. The number of carbonyl (C=O) groups is 2. The molecule has 0 aliphatic heterocycles. The maximum atomic E-state index is 11.6. The average Bonchev–Trinajstić information content (AvgIpc) is 2.62. The van der Waals surface area contributed by atoms with E-state index in [0.717, 1.165) is 23.1 Å². The van der Waals surface area contributed by atoms with Crippen LogP contribution in [0.3, 0.4) is 0 Å². The summed E-state index contributed by atoms with van der Waals surface area (Å²) in [6.07, 6.45) is 0.388. The highest BCUT2D eigenvalue weighted by Gasteiger charge is 2.32. The Morgan fingerprint density at radius 1 is 1.08 bits per heavy atom. The van der Waals surface area contributed by atoms with Gasteiger partial charge < -0.3 is 15.7 Å². The number of rotatable bonds is 3. The minimum Gasteiger partial charge on any atom is -0.465 e. The summed E-state index contributed by atoms with van der Waals surface area (Å²) in [7, 11) is 1.55. The fourth-order valence-corrected chi connectivity index (χ4v) is 3.89. The van der Waals surface area contributed by atoms with Crippen LogP contribution in [0.1, 0.15) is 51.8 Å². The molecule has 5 nitrogen and oxygen atoms in total. The highest BCUT2D eigenvalue weighted by Crippen LogP contribution is 2.44. The predicted molar refractivity (Wildman–Crippen MR) is 101 cm³/mol. The molecule has 0 fully saturated rings. The number of amides is 2. The summed E-state index contributed by atoms with van der Waals surface area (Å²) in [5.74, 6) is -0.535. The van der Waals surface area contributed by atoms with Crippen molar-refractivity contribution in [3.05, 3.63) is 68.7 Å². The Hall–Kier alpha value is -2.24. The zero-order chi connectivity index (χ0) is 19.0. The molecule has 0 radical (unpaired) electrons. The van der Waals surface area contributed by atoms with E-state index in [-0.39, 0.29) is 12.0 Å². The van der Waals surface area contributed by atoms with Crippen molar-refractivity contribution < 1.29 is 14.7 Å².